The monoisotopic (exact) mass is 591 g/mol. The van der Waals surface area contributed by atoms with Crippen molar-refractivity contribution in [3.05, 3.63) is 64.1 Å². The summed E-state index contributed by atoms with van der Waals surface area (Å²) in [6.45, 7) is 4.30. The third kappa shape index (κ3) is 8.57. The zero-order chi connectivity index (χ0) is 27.0. The van der Waals surface area contributed by atoms with E-state index in [1.54, 1.807) is 24.0 Å². The van der Waals surface area contributed by atoms with Crippen LogP contribution in [0.2, 0.25) is 0 Å². The molecule has 2 aromatic rings. The smallest absolute Gasteiger partial charge is 0.242 e. The molecule has 37 heavy (non-hydrogen) atoms. The van der Waals surface area contributed by atoms with Crippen molar-refractivity contribution in [1.82, 2.24) is 10.2 Å². The Hall–Kier alpha value is -2.39. The standard InChI is InChI=1S/C28H38BrN3O4S/c1-4-22-13-17-26(18-14-22)32(37(3,35)36)19-7-10-27(33)31(20-23-11-15-24(29)16-12-23)21(2)28(34)30-25-8-5-6-9-25/h11-18,21,25H,4-10,19-20H2,1-3H3,(H,30,34). The summed E-state index contributed by atoms with van der Waals surface area (Å²) in [6, 6.07) is 14.7. The van der Waals surface area contributed by atoms with E-state index in [1.807, 2.05) is 43.3 Å². The van der Waals surface area contributed by atoms with Crippen LogP contribution in [-0.4, -0.2) is 50.0 Å². The highest BCUT2D eigenvalue weighted by atomic mass is 79.9. The number of carbonyl (C=O) groups is 2. The number of nitrogens with zero attached hydrogens (tertiary/aromatic N) is 2. The Balaban J connectivity index is 1.70. The minimum atomic E-state index is -3.51. The first-order chi connectivity index (χ1) is 17.6. The van der Waals surface area contributed by atoms with Gasteiger partial charge in [-0.15, -0.1) is 0 Å². The molecule has 1 unspecified atom stereocenters. The molecule has 1 saturated carbocycles. The lowest BCUT2D eigenvalue weighted by molar-refractivity contribution is -0.141. The number of nitrogens with one attached hydrogen (secondary N) is 1. The average molecular weight is 593 g/mol. The molecule has 1 N–H and O–H groups in total. The second-order valence-corrected chi connectivity index (χ2v) is 12.6. The Morgan fingerprint density at radius 2 is 1.62 bits per heavy atom. The zero-order valence-electron chi connectivity index (χ0n) is 22.0. The second kappa shape index (κ2) is 13.4. The third-order valence-electron chi connectivity index (χ3n) is 6.92. The SMILES string of the molecule is CCc1ccc(N(CCCC(=O)N(Cc2ccc(Br)cc2)C(C)C(=O)NC2CCCC2)S(C)(=O)=O)cc1. The molecule has 2 aromatic carbocycles. The molecule has 0 radical (unpaired) electrons. The van der Waals surface area contributed by atoms with E-state index < -0.39 is 16.1 Å². The van der Waals surface area contributed by atoms with Crippen LogP contribution in [0.25, 0.3) is 0 Å². The van der Waals surface area contributed by atoms with Crippen molar-refractivity contribution < 1.29 is 18.0 Å². The van der Waals surface area contributed by atoms with E-state index in [4.69, 9.17) is 0 Å². The number of hydrogen-bond donors (Lipinski definition) is 1. The van der Waals surface area contributed by atoms with Crippen LogP contribution in [0.1, 0.15) is 63.5 Å². The molecule has 1 aliphatic carbocycles. The Kier molecular flexibility index (Phi) is 10.6. The minimum absolute atomic E-state index is 0.136. The van der Waals surface area contributed by atoms with Gasteiger partial charge < -0.3 is 10.2 Å². The van der Waals surface area contributed by atoms with Crippen LogP contribution in [0.4, 0.5) is 5.69 Å². The molecule has 7 nitrogen and oxygen atoms in total. The van der Waals surface area contributed by atoms with Crippen LogP contribution < -0.4 is 9.62 Å². The van der Waals surface area contributed by atoms with Crippen LogP contribution >= 0.6 is 15.9 Å². The van der Waals surface area contributed by atoms with Crippen LogP contribution in [0, 0.1) is 0 Å². The van der Waals surface area contributed by atoms with E-state index in [1.165, 1.54) is 10.6 Å². The maximum absolute atomic E-state index is 13.4. The van der Waals surface area contributed by atoms with Crippen molar-refractivity contribution in [1.29, 1.82) is 0 Å². The fraction of sp³-hybridized carbons (Fsp3) is 0.500. The Morgan fingerprint density at radius 3 is 2.19 bits per heavy atom. The number of halogens is 1. The minimum Gasteiger partial charge on any atom is -0.352 e. The number of amides is 2. The summed E-state index contributed by atoms with van der Waals surface area (Å²) in [5.74, 6) is -0.321. The lowest BCUT2D eigenvalue weighted by Crippen LogP contribution is -2.49. The Labute approximate surface area is 229 Å². The Bertz CT molecular complexity index is 1150. The number of benzene rings is 2. The van der Waals surface area contributed by atoms with Gasteiger partial charge in [0.1, 0.15) is 6.04 Å². The first-order valence-corrected chi connectivity index (χ1v) is 15.6. The molecule has 2 amide bonds. The highest BCUT2D eigenvalue weighted by Crippen LogP contribution is 2.21. The molecular weight excluding hydrogens is 554 g/mol. The van der Waals surface area contributed by atoms with Gasteiger partial charge >= 0.3 is 0 Å². The van der Waals surface area contributed by atoms with E-state index in [0.29, 0.717) is 18.7 Å². The molecule has 3 rings (SSSR count). The van der Waals surface area contributed by atoms with Gasteiger partial charge in [-0.2, -0.15) is 0 Å². The van der Waals surface area contributed by atoms with Crippen molar-refractivity contribution in [2.45, 2.75) is 77.4 Å². The highest BCUT2D eigenvalue weighted by molar-refractivity contribution is 9.10. The van der Waals surface area contributed by atoms with E-state index in [-0.39, 0.29) is 30.8 Å². The molecule has 1 fully saturated rings. The summed E-state index contributed by atoms with van der Waals surface area (Å²) >= 11 is 3.43. The molecule has 0 spiro atoms. The topological polar surface area (TPSA) is 86.8 Å². The van der Waals surface area contributed by atoms with Gasteiger partial charge in [0, 0.05) is 30.0 Å². The van der Waals surface area contributed by atoms with E-state index >= 15 is 0 Å². The van der Waals surface area contributed by atoms with Crippen molar-refractivity contribution in [2.24, 2.45) is 0 Å². The lowest BCUT2D eigenvalue weighted by atomic mass is 10.1. The van der Waals surface area contributed by atoms with Gasteiger partial charge in [0.05, 0.1) is 11.9 Å². The first-order valence-electron chi connectivity index (χ1n) is 13.0. The normalized spacial score (nSPS) is 14.8. The zero-order valence-corrected chi connectivity index (χ0v) is 24.4. The molecule has 0 saturated heterocycles. The van der Waals surface area contributed by atoms with E-state index in [2.05, 4.69) is 21.2 Å². The predicted molar refractivity (Wildman–Crippen MR) is 152 cm³/mol. The van der Waals surface area contributed by atoms with Gasteiger partial charge in [-0.25, -0.2) is 8.42 Å². The van der Waals surface area contributed by atoms with E-state index in [0.717, 1.165) is 47.7 Å². The maximum atomic E-state index is 13.4. The molecule has 202 valence electrons. The largest absolute Gasteiger partial charge is 0.352 e. The molecule has 0 heterocycles. The Morgan fingerprint density at radius 1 is 1.03 bits per heavy atom. The van der Waals surface area contributed by atoms with Crippen molar-refractivity contribution >= 4 is 43.5 Å². The van der Waals surface area contributed by atoms with Crippen LogP contribution in [-0.2, 0) is 32.6 Å². The number of hydrogen-bond acceptors (Lipinski definition) is 4. The number of aryl methyl sites for hydroxylation is 1. The molecule has 0 aromatic heterocycles. The lowest BCUT2D eigenvalue weighted by Gasteiger charge is -2.30. The quantitative estimate of drug-likeness (QED) is 0.375. The van der Waals surface area contributed by atoms with Crippen molar-refractivity contribution in [2.75, 3.05) is 17.1 Å². The molecule has 0 bridgehead atoms. The summed E-state index contributed by atoms with van der Waals surface area (Å²) in [6.07, 6.45) is 6.69. The van der Waals surface area contributed by atoms with Gasteiger partial charge in [0.25, 0.3) is 0 Å². The summed E-state index contributed by atoms with van der Waals surface area (Å²) in [5, 5.41) is 3.11. The van der Waals surface area contributed by atoms with Crippen molar-refractivity contribution in [3.63, 3.8) is 0 Å². The van der Waals surface area contributed by atoms with E-state index in [9.17, 15) is 18.0 Å². The summed E-state index contributed by atoms with van der Waals surface area (Å²) in [5.41, 5.74) is 2.63. The molecule has 1 atom stereocenters. The number of anilines is 1. The molecule has 1 aliphatic rings. The summed E-state index contributed by atoms with van der Waals surface area (Å²) < 4.78 is 27.3. The second-order valence-electron chi connectivity index (χ2n) is 9.77. The summed E-state index contributed by atoms with van der Waals surface area (Å²) in [4.78, 5) is 28.1. The van der Waals surface area contributed by atoms with Crippen LogP contribution in [0.3, 0.4) is 0 Å². The fourth-order valence-corrected chi connectivity index (χ4v) is 5.89. The van der Waals surface area contributed by atoms with Crippen molar-refractivity contribution in [3.8, 4) is 0 Å². The van der Waals surface area contributed by atoms with Gasteiger partial charge in [-0.1, -0.05) is 60.0 Å². The van der Waals surface area contributed by atoms with Gasteiger partial charge in [0.15, 0.2) is 0 Å². The molecular formula is C28H38BrN3O4S. The summed E-state index contributed by atoms with van der Waals surface area (Å²) in [7, 11) is -3.51. The fourth-order valence-electron chi connectivity index (χ4n) is 4.66. The number of carbonyl (C=O) groups excluding carboxylic acids is 2. The van der Waals surface area contributed by atoms with Gasteiger partial charge in [0.2, 0.25) is 21.8 Å². The molecule has 9 heteroatoms. The maximum Gasteiger partial charge on any atom is 0.242 e. The van der Waals surface area contributed by atoms with Crippen LogP contribution in [0.15, 0.2) is 53.0 Å². The third-order valence-corrected chi connectivity index (χ3v) is 8.64. The number of sulfonamides is 1. The van der Waals surface area contributed by atoms with Gasteiger partial charge in [-0.05, 0) is 68.0 Å². The first kappa shape index (κ1) is 29.2. The van der Waals surface area contributed by atoms with Crippen LogP contribution in [0.5, 0.6) is 0 Å². The van der Waals surface area contributed by atoms with Gasteiger partial charge in [-0.3, -0.25) is 13.9 Å². The average Bonchev–Trinajstić information content (AvgIpc) is 3.38. The highest BCUT2D eigenvalue weighted by Gasteiger charge is 2.28. The number of rotatable bonds is 12. The molecule has 0 aliphatic heterocycles. The predicted octanol–water partition coefficient (Wildman–Crippen LogP) is 5.03.